The van der Waals surface area contributed by atoms with Crippen LogP contribution in [0.2, 0.25) is 0 Å². The van der Waals surface area contributed by atoms with E-state index in [0.29, 0.717) is 11.1 Å². The van der Waals surface area contributed by atoms with Gasteiger partial charge < -0.3 is 4.74 Å². The van der Waals surface area contributed by atoms with Crippen LogP contribution >= 0.6 is 15.9 Å². The van der Waals surface area contributed by atoms with Gasteiger partial charge in [-0.3, -0.25) is 19.6 Å². The van der Waals surface area contributed by atoms with Gasteiger partial charge in [0.15, 0.2) is 0 Å². The number of fused-ring (bicyclic) bond motifs is 1. The van der Waals surface area contributed by atoms with Crippen LogP contribution in [-0.4, -0.2) is 27.3 Å². The highest BCUT2D eigenvalue weighted by Crippen LogP contribution is 2.35. The molecule has 2 aromatic rings. The molecule has 1 fully saturated rings. The first kappa shape index (κ1) is 16.9. The topological polar surface area (TPSA) is 87.3 Å². The third kappa shape index (κ3) is 3.28. The Morgan fingerprint density at radius 1 is 1.42 bits per heavy atom. The summed E-state index contributed by atoms with van der Waals surface area (Å²) in [6.45, 7) is 2.23. The summed E-state index contributed by atoms with van der Waals surface area (Å²) in [6, 6.07) is 3.42. The molecule has 0 aliphatic heterocycles. The highest BCUT2D eigenvalue weighted by Gasteiger charge is 2.28. The molecule has 1 aromatic carbocycles. The van der Waals surface area contributed by atoms with E-state index < -0.39 is 4.92 Å². The molecule has 0 N–H and O–H groups in total. The van der Waals surface area contributed by atoms with Crippen LogP contribution in [0.3, 0.4) is 0 Å². The number of carbonyl (C=O) groups is 1. The van der Waals surface area contributed by atoms with E-state index in [1.807, 2.05) is 17.8 Å². The highest BCUT2D eigenvalue weighted by molar-refractivity contribution is 9.10. The monoisotopic (exact) mass is 395 g/mol. The second-order valence-electron chi connectivity index (χ2n) is 5.99. The first-order chi connectivity index (χ1) is 11.5. The van der Waals surface area contributed by atoms with E-state index in [2.05, 4.69) is 21.0 Å². The van der Waals surface area contributed by atoms with Crippen LogP contribution in [0, 0.1) is 16.0 Å². The van der Waals surface area contributed by atoms with Crippen molar-refractivity contribution in [2.45, 2.75) is 38.6 Å². The Kier molecular flexibility index (Phi) is 4.84. The third-order valence-corrected chi connectivity index (χ3v) is 5.11. The Bertz CT molecular complexity index is 781. The summed E-state index contributed by atoms with van der Waals surface area (Å²) < 4.78 is 7.39. The maximum Gasteiger partial charge on any atom is 0.308 e. The molecule has 3 rings (SSSR count). The minimum atomic E-state index is -0.411. The second-order valence-corrected chi connectivity index (χ2v) is 6.84. The summed E-state index contributed by atoms with van der Waals surface area (Å²) in [5.74, 6) is -0.137. The largest absolute Gasteiger partial charge is 0.466 e. The minimum absolute atomic E-state index is 0.0265. The van der Waals surface area contributed by atoms with Crippen LogP contribution in [0.25, 0.3) is 10.9 Å². The summed E-state index contributed by atoms with van der Waals surface area (Å²) in [5.41, 5.74) is 0.757. The molecule has 1 heterocycles. The van der Waals surface area contributed by atoms with Crippen molar-refractivity contribution in [3.8, 4) is 0 Å². The van der Waals surface area contributed by atoms with Crippen LogP contribution in [-0.2, 0) is 9.53 Å². The Labute approximate surface area is 147 Å². The Hall–Kier alpha value is -1.96. The molecule has 1 aliphatic rings. The molecular weight excluding hydrogens is 378 g/mol. The van der Waals surface area contributed by atoms with Crippen LogP contribution in [0.1, 0.15) is 38.6 Å². The van der Waals surface area contributed by atoms with Crippen molar-refractivity contribution in [1.29, 1.82) is 0 Å². The molecule has 24 heavy (non-hydrogen) atoms. The summed E-state index contributed by atoms with van der Waals surface area (Å²) in [4.78, 5) is 22.4. The molecule has 1 aromatic heterocycles. The lowest BCUT2D eigenvalue weighted by atomic mass is 9.86. The smallest absolute Gasteiger partial charge is 0.308 e. The van der Waals surface area contributed by atoms with Crippen molar-refractivity contribution in [1.82, 2.24) is 9.78 Å². The number of nitro benzene ring substituents is 1. The molecule has 0 radical (unpaired) electrons. The number of benzene rings is 1. The van der Waals surface area contributed by atoms with Crippen LogP contribution in [0.5, 0.6) is 0 Å². The summed E-state index contributed by atoms with van der Waals surface area (Å²) in [7, 11) is 0. The lowest BCUT2D eigenvalue weighted by Gasteiger charge is -2.27. The van der Waals surface area contributed by atoms with E-state index in [1.165, 1.54) is 6.07 Å². The quantitative estimate of drug-likeness (QED) is 0.443. The predicted molar refractivity (Wildman–Crippen MR) is 91.7 cm³/mol. The zero-order valence-electron chi connectivity index (χ0n) is 13.3. The Balaban J connectivity index is 1.76. The SMILES string of the molecule is CCOC(=O)C1CCC(n2cc3cc([N+](=O)[O-])c(Br)cc3n2)CC1. The highest BCUT2D eigenvalue weighted by atomic mass is 79.9. The first-order valence-corrected chi connectivity index (χ1v) is 8.78. The van der Waals surface area contributed by atoms with Crippen LogP contribution in [0.4, 0.5) is 5.69 Å². The number of ether oxygens (including phenoxy) is 1. The normalized spacial score (nSPS) is 20.9. The van der Waals surface area contributed by atoms with Gasteiger partial charge in [0.2, 0.25) is 0 Å². The van der Waals surface area contributed by atoms with Crippen LogP contribution in [0.15, 0.2) is 22.8 Å². The van der Waals surface area contributed by atoms with E-state index in [1.54, 1.807) is 6.07 Å². The van der Waals surface area contributed by atoms with Crippen molar-refractivity contribution in [3.63, 3.8) is 0 Å². The first-order valence-electron chi connectivity index (χ1n) is 7.99. The molecule has 1 aliphatic carbocycles. The molecule has 0 saturated heterocycles. The second kappa shape index (κ2) is 6.88. The maximum atomic E-state index is 11.8. The minimum Gasteiger partial charge on any atom is -0.466 e. The summed E-state index contributed by atoms with van der Waals surface area (Å²) in [5, 5.41) is 16.3. The molecule has 128 valence electrons. The number of esters is 1. The summed E-state index contributed by atoms with van der Waals surface area (Å²) in [6.07, 6.45) is 5.11. The molecule has 0 bridgehead atoms. The van der Waals surface area contributed by atoms with Gasteiger partial charge in [-0.1, -0.05) is 0 Å². The summed E-state index contributed by atoms with van der Waals surface area (Å²) >= 11 is 3.22. The van der Waals surface area contributed by atoms with E-state index in [4.69, 9.17) is 4.74 Å². The van der Waals surface area contributed by atoms with E-state index in [-0.39, 0.29) is 23.6 Å². The van der Waals surface area contributed by atoms with Gasteiger partial charge in [-0.05, 0) is 54.6 Å². The van der Waals surface area contributed by atoms with Gasteiger partial charge in [0.25, 0.3) is 5.69 Å². The molecule has 0 amide bonds. The van der Waals surface area contributed by atoms with Crippen molar-refractivity contribution < 1.29 is 14.5 Å². The standard InChI is InChI=1S/C16H18BrN3O4/c1-2-24-16(21)10-3-5-12(6-4-10)19-9-11-7-15(20(22)23)13(17)8-14(11)18-19/h7-10,12H,2-6H2,1H3. The van der Waals surface area contributed by atoms with E-state index >= 15 is 0 Å². The van der Waals surface area contributed by atoms with Gasteiger partial charge in [0.05, 0.1) is 33.5 Å². The van der Waals surface area contributed by atoms with Crippen molar-refractivity contribution in [2.24, 2.45) is 5.92 Å². The number of carbonyl (C=O) groups excluding carboxylic acids is 1. The number of halogens is 1. The van der Waals surface area contributed by atoms with Crippen molar-refractivity contribution in [3.05, 3.63) is 32.9 Å². The Morgan fingerprint density at radius 3 is 2.75 bits per heavy atom. The lowest BCUT2D eigenvalue weighted by molar-refractivity contribution is -0.385. The number of nitrogens with zero attached hydrogens (tertiary/aromatic N) is 3. The zero-order chi connectivity index (χ0) is 17.3. The van der Waals surface area contributed by atoms with Crippen molar-refractivity contribution in [2.75, 3.05) is 6.61 Å². The van der Waals surface area contributed by atoms with Crippen molar-refractivity contribution >= 4 is 38.5 Å². The molecule has 0 unspecified atom stereocenters. The van der Waals surface area contributed by atoms with Gasteiger partial charge in [-0.2, -0.15) is 5.10 Å². The molecule has 0 spiro atoms. The number of rotatable bonds is 4. The van der Waals surface area contributed by atoms with Gasteiger partial charge in [-0.15, -0.1) is 0 Å². The maximum absolute atomic E-state index is 11.8. The number of nitro groups is 1. The average Bonchev–Trinajstić information content (AvgIpc) is 2.97. The number of hydrogen-bond acceptors (Lipinski definition) is 5. The van der Waals surface area contributed by atoms with E-state index in [0.717, 1.165) is 36.6 Å². The molecule has 1 saturated carbocycles. The molecule has 7 nitrogen and oxygen atoms in total. The molecule has 0 atom stereocenters. The van der Waals surface area contributed by atoms with E-state index in [9.17, 15) is 14.9 Å². The average molecular weight is 396 g/mol. The fraction of sp³-hybridized carbons (Fsp3) is 0.500. The van der Waals surface area contributed by atoms with Gasteiger partial charge in [0.1, 0.15) is 0 Å². The zero-order valence-corrected chi connectivity index (χ0v) is 14.9. The number of hydrogen-bond donors (Lipinski definition) is 0. The Morgan fingerprint density at radius 2 is 2.12 bits per heavy atom. The predicted octanol–water partition coefficient (Wildman–Crippen LogP) is 4.00. The lowest BCUT2D eigenvalue weighted by Crippen LogP contribution is -2.25. The fourth-order valence-electron chi connectivity index (χ4n) is 3.22. The molecular formula is C16H18BrN3O4. The van der Waals surface area contributed by atoms with Crippen LogP contribution < -0.4 is 0 Å². The van der Waals surface area contributed by atoms with Gasteiger partial charge in [0, 0.05) is 17.6 Å². The number of aromatic nitrogens is 2. The third-order valence-electron chi connectivity index (χ3n) is 4.48. The van der Waals surface area contributed by atoms with Gasteiger partial charge >= 0.3 is 5.97 Å². The van der Waals surface area contributed by atoms with Gasteiger partial charge in [-0.25, -0.2) is 0 Å². The molecule has 8 heteroatoms. The fourth-order valence-corrected chi connectivity index (χ4v) is 3.69.